The Kier molecular flexibility index (Phi) is 13.1. The third-order valence-electron chi connectivity index (χ3n) is 17.5. The number of hydrogen-bond donors (Lipinski definition) is 0. The molecule has 0 saturated carbocycles. The van der Waals surface area contributed by atoms with Crippen LogP contribution in [0.3, 0.4) is 0 Å². The quantitative estimate of drug-likeness (QED) is 0.107. The zero-order valence-electron chi connectivity index (χ0n) is 47.8. The smallest absolute Gasteiger partial charge is 0.252 e. The molecule has 0 bridgehead atoms. The lowest BCUT2D eigenvalue weighted by molar-refractivity contribution is 0.587. The van der Waals surface area contributed by atoms with Gasteiger partial charge >= 0.3 is 0 Å². The molecule has 0 N–H and O–H groups in total. The molecular formula is C78H68BN3. The zero-order chi connectivity index (χ0) is 55.5. The highest BCUT2D eigenvalue weighted by Gasteiger charge is 2.46. The van der Waals surface area contributed by atoms with Crippen molar-refractivity contribution in [2.75, 3.05) is 9.80 Å². The molecule has 11 aromatic carbocycles. The highest BCUT2D eigenvalue weighted by molar-refractivity contribution is 7.00. The van der Waals surface area contributed by atoms with Crippen molar-refractivity contribution in [3.8, 4) is 50.2 Å². The number of hydrogen-bond acceptors (Lipinski definition) is 2. The third-order valence-corrected chi connectivity index (χ3v) is 17.5. The fraction of sp³-hybridized carbons (Fsp3) is 0.154. The molecule has 0 atom stereocenters. The maximum atomic E-state index is 2.77. The molecule has 0 saturated heterocycles. The Labute approximate surface area is 484 Å². The number of aryl methyl sites for hydroxylation is 2. The molecule has 0 fully saturated rings. The lowest BCUT2D eigenvalue weighted by atomic mass is 9.33. The summed E-state index contributed by atoms with van der Waals surface area (Å²) in [6.45, 7) is 11.7. The van der Waals surface area contributed by atoms with Crippen LogP contribution in [-0.2, 0) is 18.3 Å². The van der Waals surface area contributed by atoms with E-state index in [9.17, 15) is 0 Å². The maximum Gasteiger partial charge on any atom is 0.252 e. The van der Waals surface area contributed by atoms with Gasteiger partial charge in [-0.3, -0.25) is 0 Å². The minimum Gasteiger partial charge on any atom is -0.311 e. The van der Waals surface area contributed by atoms with Crippen molar-refractivity contribution in [3.63, 3.8) is 0 Å². The molecule has 0 aliphatic carbocycles. The van der Waals surface area contributed by atoms with Crippen LogP contribution in [0.2, 0.25) is 0 Å². The first-order chi connectivity index (χ1) is 40.3. The van der Waals surface area contributed by atoms with Crippen LogP contribution in [0.15, 0.2) is 249 Å². The maximum absolute atomic E-state index is 2.77. The molecule has 4 heteroatoms. The van der Waals surface area contributed by atoms with Crippen molar-refractivity contribution in [2.45, 2.75) is 78.6 Å². The standard InChI is InChI=1S/C78H68BN3/c1-6-8-27-59-47-61(78(3,4)5)48-60(28-9-7-2)76(59)81-71-45-43-57(53-29-14-10-15-30-53)49-67(71)79-68-50-58(54-31-16-11-17-32-54)44-46-72(68)82(77-63(55-33-18-12-19-34-55)39-26-40-64(77)56-35-20-13-21-36-56)74-52-62(51-73(81)75(74)79)80-69-41-24-22-37-65(69)66-38-23-25-42-70(66)80/h10-26,29-52H,6-9,27-28H2,1-5H3. The summed E-state index contributed by atoms with van der Waals surface area (Å²) in [6.07, 6.45) is 6.40. The van der Waals surface area contributed by atoms with E-state index in [0.717, 1.165) is 49.9 Å². The predicted molar refractivity (Wildman–Crippen MR) is 352 cm³/mol. The second-order valence-corrected chi connectivity index (χ2v) is 23.7. The van der Waals surface area contributed by atoms with Gasteiger partial charge in [0.25, 0.3) is 6.71 Å². The van der Waals surface area contributed by atoms with Crippen molar-refractivity contribution in [2.24, 2.45) is 0 Å². The first kappa shape index (κ1) is 51.1. The summed E-state index contributed by atoms with van der Waals surface area (Å²) in [6, 6.07) is 94.2. The van der Waals surface area contributed by atoms with E-state index in [1.807, 2.05) is 0 Å². The van der Waals surface area contributed by atoms with Crippen molar-refractivity contribution < 1.29 is 0 Å². The molecular weight excluding hydrogens is 990 g/mol. The average Bonchev–Trinajstić information content (AvgIpc) is 2.72. The Balaban J connectivity index is 1.19. The van der Waals surface area contributed by atoms with Gasteiger partial charge in [-0.2, -0.15) is 0 Å². The predicted octanol–water partition coefficient (Wildman–Crippen LogP) is 19.5. The molecule has 2 aliphatic heterocycles. The number of benzene rings is 11. The lowest BCUT2D eigenvalue weighted by Gasteiger charge is -2.46. The van der Waals surface area contributed by atoms with Crippen molar-refractivity contribution in [1.29, 1.82) is 0 Å². The molecule has 0 amide bonds. The number of aromatic nitrogens is 1. The van der Waals surface area contributed by atoms with Crippen LogP contribution in [0.5, 0.6) is 0 Å². The Bertz CT molecular complexity index is 4200. The molecule has 3 nitrogen and oxygen atoms in total. The van der Waals surface area contributed by atoms with E-state index in [4.69, 9.17) is 0 Å². The Morgan fingerprint density at radius 1 is 0.366 bits per heavy atom. The van der Waals surface area contributed by atoms with Crippen LogP contribution in [0.25, 0.3) is 72.0 Å². The molecule has 0 unspecified atom stereocenters. The zero-order valence-corrected chi connectivity index (χ0v) is 47.8. The molecule has 0 spiro atoms. The van der Waals surface area contributed by atoms with Gasteiger partial charge in [0.2, 0.25) is 0 Å². The van der Waals surface area contributed by atoms with Gasteiger partial charge in [0, 0.05) is 44.6 Å². The number of para-hydroxylation sites is 3. The molecule has 0 radical (unpaired) electrons. The summed E-state index contributed by atoms with van der Waals surface area (Å²) in [5.74, 6) is 0. The number of nitrogens with zero attached hydrogens (tertiary/aromatic N) is 3. The van der Waals surface area contributed by atoms with Gasteiger partial charge in [-0.1, -0.05) is 260 Å². The summed E-state index contributed by atoms with van der Waals surface area (Å²) in [7, 11) is 0. The van der Waals surface area contributed by atoms with E-state index >= 15 is 0 Å². The summed E-state index contributed by atoms with van der Waals surface area (Å²) in [5.41, 5.74) is 28.5. The number of rotatable bonds is 13. The highest BCUT2D eigenvalue weighted by atomic mass is 15.2. The van der Waals surface area contributed by atoms with Gasteiger partial charge in [0.1, 0.15) is 0 Å². The van der Waals surface area contributed by atoms with Crippen LogP contribution in [0.4, 0.5) is 34.1 Å². The van der Waals surface area contributed by atoms with E-state index in [1.54, 1.807) is 0 Å². The summed E-state index contributed by atoms with van der Waals surface area (Å²) in [5, 5.41) is 2.49. The Hall–Kier alpha value is -9.12. The van der Waals surface area contributed by atoms with Gasteiger partial charge in [0.05, 0.1) is 28.1 Å². The average molecular weight is 1060 g/mol. The van der Waals surface area contributed by atoms with Crippen molar-refractivity contribution in [3.05, 3.63) is 265 Å². The largest absolute Gasteiger partial charge is 0.311 e. The first-order valence-electron chi connectivity index (χ1n) is 29.8. The molecule has 14 rings (SSSR count). The van der Waals surface area contributed by atoms with Crippen LogP contribution in [0.1, 0.15) is 77.0 Å². The fourth-order valence-electron chi connectivity index (χ4n) is 13.5. The van der Waals surface area contributed by atoms with Crippen LogP contribution >= 0.6 is 0 Å². The van der Waals surface area contributed by atoms with Crippen molar-refractivity contribution >= 4 is 79.0 Å². The molecule has 2 aliphatic rings. The fourth-order valence-corrected chi connectivity index (χ4v) is 13.5. The van der Waals surface area contributed by atoms with E-state index < -0.39 is 0 Å². The minimum absolute atomic E-state index is 0.0329. The monoisotopic (exact) mass is 1060 g/mol. The topological polar surface area (TPSA) is 11.4 Å². The van der Waals surface area contributed by atoms with E-state index in [1.165, 1.54) is 128 Å². The van der Waals surface area contributed by atoms with E-state index in [2.05, 4.69) is 298 Å². The Morgan fingerprint density at radius 3 is 1.22 bits per heavy atom. The lowest BCUT2D eigenvalue weighted by Crippen LogP contribution is -2.61. The second kappa shape index (κ2) is 21.1. The molecule has 82 heavy (non-hydrogen) atoms. The molecule has 3 heterocycles. The first-order valence-corrected chi connectivity index (χ1v) is 29.8. The minimum atomic E-state index is -0.141. The van der Waals surface area contributed by atoms with Crippen LogP contribution < -0.4 is 26.2 Å². The third kappa shape index (κ3) is 8.75. The molecule has 1 aromatic heterocycles. The van der Waals surface area contributed by atoms with Gasteiger partial charge in [0.15, 0.2) is 0 Å². The van der Waals surface area contributed by atoms with Crippen molar-refractivity contribution in [1.82, 2.24) is 4.57 Å². The highest BCUT2D eigenvalue weighted by Crippen LogP contribution is 2.53. The number of anilines is 6. The van der Waals surface area contributed by atoms with E-state index in [0.29, 0.717) is 0 Å². The van der Waals surface area contributed by atoms with Gasteiger partial charge in [-0.25, -0.2) is 0 Å². The van der Waals surface area contributed by atoms with Gasteiger partial charge < -0.3 is 14.4 Å². The Morgan fingerprint density at radius 2 is 0.780 bits per heavy atom. The van der Waals surface area contributed by atoms with Crippen LogP contribution in [-0.4, -0.2) is 11.3 Å². The SMILES string of the molecule is CCCCc1cc(C(C)(C)C)cc(CCCC)c1N1c2ccc(-c3ccccc3)cc2B2c3cc(-c4ccccc4)ccc3N(c3c(-c4ccccc4)cccc3-c3ccccc3)c3cc(-n4c5ccccc5c5ccccc54)cc1c32. The van der Waals surface area contributed by atoms with Gasteiger partial charge in [-0.15, -0.1) is 0 Å². The number of fused-ring (bicyclic) bond motifs is 7. The molecule has 12 aromatic rings. The van der Waals surface area contributed by atoms with E-state index in [-0.39, 0.29) is 12.1 Å². The van der Waals surface area contributed by atoms with Gasteiger partial charge in [-0.05, 0) is 134 Å². The number of unbranched alkanes of at least 4 members (excludes halogenated alkanes) is 2. The summed E-state index contributed by atoms with van der Waals surface area (Å²) >= 11 is 0. The molecule has 398 valence electrons. The van der Waals surface area contributed by atoms with Crippen LogP contribution in [0, 0.1) is 0 Å². The second-order valence-electron chi connectivity index (χ2n) is 23.7. The summed E-state index contributed by atoms with van der Waals surface area (Å²) in [4.78, 5) is 5.45. The normalized spacial score (nSPS) is 12.7. The summed E-state index contributed by atoms with van der Waals surface area (Å²) < 4.78 is 2.55.